The number of amides is 1. The van der Waals surface area contributed by atoms with Gasteiger partial charge in [0.25, 0.3) is 0 Å². The van der Waals surface area contributed by atoms with Gasteiger partial charge in [0.1, 0.15) is 0 Å². The van der Waals surface area contributed by atoms with Gasteiger partial charge in [-0.15, -0.1) is 0 Å². The molecule has 0 spiro atoms. The van der Waals surface area contributed by atoms with Crippen LogP contribution in [-0.2, 0) is 15.6 Å². The quantitative estimate of drug-likeness (QED) is 0.689. The maximum absolute atomic E-state index is 11.7. The first-order chi connectivity index (χ1) is 6.61. The van der Waals surface area contributed by atoms with E-state index in [0.717, 1.165) is 25.7 Å². The van der Waals surface area contributed by atoms with Gasteiger partial charge in [-0.25, -0.2) is 0 Å². The van der Waals surface area contributed by atoms with Crippen molar-refractivity contribution in [2.45, 2.75) is 43.4 Å². The summed E-state index contributed by atoms with van der Waals surface area (Å²) in [7, 11) is -0.983. The van der Waals surface area contributed by atoms with Crippen molar-refractivity contribution >= 4 is 16.7 Å². The van der Waals surface area contributed by atoms with Crippen LogP contribution in [-0.4, -0.2) is 27.2 Å². The lowest BCUT2D eigenvalue weighted by Crippen LogP contribution is -2.42. The van der Waals surface area contributed by atoms with Crippen LogP contribution < -0.4 is 11.5 Å². The zero-order chi connectivity index (χ0) is 10.6. The van der Waals surface area contributed by atoms with Crippen LogP contribution >= 0.6 is 0 Å². The molecule has 82 valence electrons. The summed E-state index contributed by atoms with van der Waals surface area (Å²) in [6.45, 7) is 0. The zero-order valence-corrected chi connectivity index (χ0v) is 9.09. The maximum atomic E-state index is 11.7. The molecule has 0 bridgehead atoms. The first-order valence-corrected chi connectivity index (χ1v) is 6.41. The summed E-state index contributed by atoms with van der Waals surface area (Å²) < 4.78 is 11.7. The van der Waals surface area contributed by atoms with Crippen molar-refractivity contribution in [3.8, 4) is 0 Å². The molecule has 2 unspecified atom stereocenters. The molecule has 1 saturated carbocycles. The normalized spacial score (nSPS) is 22.9. The van der Waals surface area contributed by atoms with Crippen LogP contribution in [0.3, 0.4) is 0 Å². The number of carbonyl (C=O) groups is 1. The predicted octanol–water partition coefficient (Wildman–Crippen LogP) is -0.120. The van der Waals surface area contributed by atoms with Gasteiger partial charge in [-0.05, 0) is 12.8 Å². The van der Waals surface area contributed by atoms with E-state index in [2.05, 4.69) is 0 Å². The summed E-state index contributed by atoms with van der Waals surface area (Å²) >= 11 is 0. The van der Waals surface area contributed by atoms with Gasteiger partial charge in [0.15, 0.2) is 0 Å². The third kappa shape index (κ3) is 3.38. The van der Waals surface area contributed by atoms with Crippen molar-refractivity contribution in [3.05, 3.63) is 0 Å². The number of rotatable bonds is 4. The van der Waals surface area contributed by atoms with Crippen LogP contribution in [0.1, 0.15) is 32.1 Å². The van der Waals surface area contributed by atoms with Crippen molar-refractivity contribution in [1.82, 2.24) is 0 Å². The fraction of sp³-hybridized carbons (Fsp3) is 0.889. The van der Waals surface area contributed by atoms with E-state index in [-0.39, 0.29) is 11.0 Å². The van der Waals surface area contributed by atoms with Crippen LogP contribution in [0.2, 0.25) is 0 Å². The average molecular weight is 218 g/mol. The monoisotopic (exact) mass is 218 g/mol. The molecular formula is C9H18N2O2S. The lowest BCUT2D eigenvalue weighted by atomic mass is 10.0. The van der Waals surface area contributed by atoms with Gasteiger partial charge in [-0.2, -0.15) is 0 Å². The first-order valence-electron chi connectivity index (χ1n) is 5.03. The van der Waals surface area contributed by atoms with Crippen LogP contribution in [0.25, 0.3) is 0 Å². The number of nitrogens with two attached hydrogens (primary N) is 2. The topological polar surface area (TPSA) is 86.2 Å². The summed E-state index contributed by atoms with van der Waals surface area (Å²) in [5.41, 5.74) is 10.5. The summed E-state index contributed by atoms with van der Waals surface area (Å²) in [6.07, 6.45) is 5.51. The maximum Gasteiger partial charge on any atom is 0.235 e. The van der Waals surface area contributed by atoms with Crippen LogP contribution in [0.15, 0.2) is 0 Å². The van der Waals surface area contributed by atoms with Crippen molar-refractivity contribution in [2.24, 2.45) is 11.5 Å². The Balaban J connectivity index is 2.36. The highest BCUT2D eigenvalue weighted by atomic mass is 32.2. The minimum Gasteiger partial charge on any atom is -0.368 e. The van der Waals surface area contributed by atoms with Crippen molar-refractivity contribution in [3.63, 3.8) is 0 Å². The Kier molecular flexibility index (Phi) is 4.54. The van der Waals surface area contributed by atoms with E-state index < -0.39 is 22.7 Å². The molecule has 5 heteroatoms. The van der Waals surface area contributed by atoms with Gasteiger partial charge >= 0.3 is 0 Å². The minimum absolute atomic E-state index is 0.222. The van der Waals surface area contributed by atoms with Crippen LogP contribution in [0.4, 0.5) is 0 Å². The van der Waals surface area contributed by atoms with Crippen molar-refractivity contribution < 1.29 is 9.00 Å². The SMILES string of the molecule is NC(=O)C(N)CS(=O)C1CCCCC1. The van der Waals surface area contributed by atoms with Crippen molar-refractivity contribution in [2.75, 3.05) is 5.75 Å². The van der Waals surface area contributed by atoms with E-state index >= 15 is 0 Å². The van der Waals surface area contributed by atoms with E-state index in [1.54, 1.807) is 0 Å². The Morgan fingerprint density at radius 1 is 1.36 bits per heavy atom. The minimum atomic E-state index is -0.983. The van der Waals surface area contributed by atoms with Crippen molar-refractivity contribution in [1.29, 1.82) is 0 Å². The Hall–Kier alpha value is -0.420. The number of carbonyl (C=O) groups excluding carboxylic acids is 1. The lowest BCUT2D eigenvalue weighted by molar-refractivity contribution is -0.118. The van der Waals surface area contributed by atoms with Gasteiger partial charge in [0, 0.05) is 21.8 Å². The molecular weight excluding hydrogens is 200 g/mol. The molecule has 0 radical (unpaired) electrons. The molecule has 1 rings (SSSR count). The molecule has 1 amide bonds. The van der Waals surface area contributed by atoms with E-state index in [1.165, 1.54) is 6.42 Å². The molecule has 1 aliphatic rings. The van der Waals surface area contributed by atoms with Crippen LogP contribution in [0.5, 0.6) is 0 Å². The smallest absolute Gasteiger partial charge is 0.235 e. The van der Waals surface area contributed by atoms with Gasteiger partial charge < -0.3 is 11.5 Å². The number of hydrogen-bond donors (Lipinski definition) is 2. The molecule has 0 aromatic carbocycles. The zero-order valence-electron chi connectivity index (χ0n) is 8.28. The molecule has 2 atom stereocenters. The molecule has 0 aliphatic heterocycles. The predicted molar refractivity (Wildman–Crippen MR) is 57.1 cm³/mol. The first kappa shape index (κ1) is 11.7. The molecule has 0 aromatic rings. The second kappa shape index (κ2) is 5.46. The Morgan fingerprint density at radius 2 is 1.93 bits per heavy atom. The van der Waals surface area contributed by atoms with E-state index in [4.69, 9.17) is 11.5 Å². The van der Waals surface area contributed by atoms with Gasteiger partial charge in [-0.1, -0.05) is 19.3 Å². The molecule has 1 aliphatic carbocycles. The fourth-order valence-corrected chi connectivity index (χ4v) is 3.37. The Morgan fingerprint density at radius 3 is 2.43 bits per heavy atom. The van der Waals surface area contributed by atoms with E-state index in [9.17, 15) is 9.00 Å². The highest BCUT2D eigenvalue weighted by molar-refractivity contribution is 7.85. The third-order valence-electron chi connectivity index (χ3n) is 2.63. The second-order valence-corrected chi connectivity index (χ2v) is 5.58. The third-order valence-corrected chi connectivity index (χ3v) is 4.54. The Bertz CT molecular complexity index is 227. The molecule has 4 N–H and O–H groups in total. The van der Waals surface area contributed by atoms with E-state index in [0.29, 0.717) is 0 Å². The summed E-state index contributed by atoms with van der Waals surface area (Å²) in [6, 6.07) is -0.752. The summed E-state index contributed by atoms with van der Waals surface area (Å²) in [5, 5.41) is 0.231. The lowest BCUT2D eigenvalue weighted by Gasteiger charge is -2.21. The standard InChI is InChI=1S/C9H18N2O2S/c10-8(9(11)12)6-14(13)7-4-2-1-3-5-7/h7-8H,1-6,10H2,(H2,11,12). The highest BCUT2D eigenvalue weighted by Gasteiger charge is 2.22. The molecule has 0 saturated heterocycles. The number of primary amides is 1. The summed E-state index contributed by atoms with van der Waals surface area (Å²) in [4.78, 5) is 10.7. The van der Waals surface area contributed by atoms with Gasteiger partial charge in [0.05, 0.1) is 6.04 Å². The Labute approximate surface area is 86.9 Å². The van der Waals surface area contributed by atoms with Gasteiger partial charge in [0.2, 0.25) is 5.91 Å². The highest BCUT2D eigenvalue weighted by Crippen LogP contribution is 2.22. The van der Waals surface area contributed by atoms with E-state index in [1.807, 2.05) is 0 Å². The molecule has 0 heterocycles. The largest absolute Gasteiger partial charge is 0.368 e. The molecule has 14 heavy (non-hydrogen) atoms. The second-order valence-electron chi connectivity index (χ2n) is 3.82. The fourth-order valence-electron chi connectivity index (χ4n) is 1.72. The number of hydrogen-bond acceptors (Lipinski definition) is 3. The summed E-state index contributed by atoms with van der Waals surface area (Å²) in [5.74, 6) is -0.339. The molecule has 1 fully saturated rings. The van der Waals surface area contributed by atoms with Crippen LogP contribution in [0, 0.1) is 0 Å². The molecule has 0 aromatic heterocycles. The molecule has 4 nitrogen and oxygen atoms in total. The van der Waals surface area contributed by atoms with Gasteiger partial charge in [-0.3, -0.25) is 9.00 Å². The average Bonchev–Trinajstić information content (AvgIpc) is 2.19.